The van der Waals surface area contributed by atoms with Gasteiger partial charge in [0.1, 0.15) is 10.4 Å². The van der Waals surface area contributed by atoms with E-state index in [4.69, 9.17) is 4.74 Å². The van der Waals surface area contributed by atoms with Crippen LogP contribution >= 0.6 is 11.3 Å². The van der Waals surface area contributed by atoms with E-state index in [-0.39, 0.29) is 36.4 Å². The van der Waals surface area contributed by atoms with Gasteiger partial charge in [0.05, 0.1) is 22.5 Å². The molecule has 3 heterocycles. The van der Waals surface area contributed by atoms with Gasteiger partial charge in [0.2, 0.25) is 5.91 Å². The molecule has 1 aliphatic rings. The van der Waals surface area contributed by atoms with Gasteiger partial charge in [-0.3, -0.25) is 14.4 Å². The van der Waals surface area contributed by atoms with E-state index in [9.17, 15) is 19.2 Å². The number of likely N-dealkylation sites (tertiary alicyclic amines) is 1. The van der Waals surface area contributed by atoms with Crippen molar-refractivity contribution in [3.63, 3.8) is 0 Å². The van der Waals surface area contributed by atoms with Crippen LogP contribution in [0.2, 0.25) is 0 Å². The lowest BCUT2D eigenvalue weighted by Gasteiger charge is -2.32. The minimum atomic E-state index is -0.582. The number of hydrogen-bond donors (Lipinski definition) is 2. The van der Waals surface area contributed by atoms with Crippen molar-refractivity contribution in [2.45, 2.75) is 46.1 Å². The Morgan fingerprint density at radius 3 is 2.64 bits per heavy atom. The summed E-state index contributed by atoms with van der Waals surface area (Å²) in [5.41, 5.74) is -0.126. The first-order chi connectivity index (χ1) is 15.5. The van der Waals surface area contributed by atoms with Crippen LogP contribution in [0.25, 0.3) is 10.2 Å². The molecule has 2 aromatic rings. The minimum absolute atomic E-state index is 0.151. The number of nitrogens with one attached hydrogen (secondary N) is 2. The SMILES string of the molecule is Cc1c(C(=O)N2CCCC(C(=O)NCCNC(=O)OC(C)(C)C)C2)sc2ncn(C)c(=O)c12. The predicted molar refractivity (Wildman–Crippen MR) is 125 cm³/mol. The number of rotatable bonds is 5. The van der Waals surface area contributed by atoms with Gasteiger partial charge in [0.15, 0.2) is 0 Å². The van der Waals surface area contributed by atoms with Crippen LogP contribution in [0.3, 0.4) is 0 Å². The van der Waals surface area contributed by atoms with Gasteiger partial charge in [-0.1, -0.05) is 0 Å². The molecule has 1 atom stereocenters. The summed E-state index contributed by atoms with van der Waals surface area (Å²) < 4.78 is 6.56. The van der Waals surface area contributed by atoms with Crippen molar-refractivity contribution in [1.82, 2.24) is 25.1 Å². The topological polar surface area (TPSA) is 123 Å². The van der Waals surface area contributed by atoms with E-state index < -0.39 is 11.7 Å². The van der Waals surface area contributed by atoms with Gasteiger partial charge in [-0.2, -0.15) is 0 Å². The van der Waals surface area contributed by atoms with Gasteiger partial charge in [-0.25, -0.2) is 9.78 Å². The third-order valence-corrected chi connectivity index (χ3v) is 6.56. The molecule has 0 spiro atoms. The molecule has 1 fully saturated rings. The van der Waals surface area contributed by atoms with Crippen molar-refractivity contribution in [1.29, 1.82) is 0 Å². The standard InChI is InChI=1S/C22H31N5O5S/c1-13-15-18(25-12-26(5)19(15)29)33-16(13)20(30)27-10-6-7-14(11-27)17(28)23-8-9-24-21(31)32-22(2,3)4/h12,14H,6-11H2,1-5H3,(H,23,28)(H,24,31). The Balaban J connectivity index is 1.57. The Morgan fingerprint density at radius 1 is 1.24 bits per heavy atom. The van der Waals surface area contributed by atoms with Crippen LogP contribution in [0.15, 0.2) is 11.1 Å². The molecular weight excluding hydrogens is 446 g/mol. The quantitative estimate of drug-likeness (QED) is 0.633. The van der Waals surface area contributed by atoms with Gasteiger partial charge >= 0.3 is 6.09 Å². The summed E-state index contributed by atoms with van der Waals surface area (Å²) in [6.07, 6.45) is 2.31. The van der Waals surface area contributed by atoms with Gasteiger partial charge in [0.25, 0.3) is 11.5 Å². The van der Waals surface area contributed by atoms with Gasteiger partial charge in [-0.15, -0.1) is 11.3 Å². The number of carbonyl (C=O) groups is 3. The molecule has 0 saturated carbocycles. The maximum atomic E-state index is 13.2. The van der Waals surface area contributed by atoms with Crippen molar-refractivity contribution in [3.8, 4) is 0 Å². The molecule has 3 amide bonds. The number of piperidine rings is 1. The molecule has 10 nitrogen and oxygen atoms in total. The zero-order chi connectivity index (χ0) is 24.3. The second kappa shape index (κ2) is 9.90. The van der Waals surface area contributed by atoms with E-state index in [1.807, 2.05) is 0 Å². The van der Waals surface area contributed by atoms with Gasteiger partial charge in [-0.05, 0) is 46.1 Å². The number of aryl methyl sites for hydroxylation is 2. The predicted octanol–water partition coefficient (Wildman–Crippen LogP) is 1.80. The van der Waals surface area contributed by atoms with Crippen LogP contribution in [-0.2, 0) is 16.6 Å². The third-order valence-electron chi connectivity index (χ3n) is 5.38. The van der Waals surface area contributed by atoms with Crippen LogP contribution in [-0.4, -0.2) is 64.1 Å². The second-order valence-corrected chi connectivity index (χ2v) is 10.2. The first kappa shape index (κ1) is 24.7. The Bertz CT molecular complexity index is 1120. The summed E-state index contributed by atoms with van der Waals surface area (Å²) in [6, 6.07) is 0. The fraction of sp³-hybridized carbons (Fsp3) is 0.591. The number of ether oxygens (including phenoxy) is 1. The van der Waals surface area contributed by atoms with Crippen molar-refractivity contribution in [2.75, 3.05) is 26.2 Å². The van der Waals surface area contributed by atoms with Gasteiger partial charge in [0, 0.05) is 33.2 Å². The van der Waals surface area contributed by atoms with Crippen LogP contribution in [0.4, 0.5) is 4.79 Å². The van der Waals surface area contributed by atoms with Gasteiger partial charge < -0.3 is 24.8 Å². The molecule has 2 aromatic heterocycles. The molecule has 180 valence electrons. The lowest BCUT2D eigenvalue weighted by Crippen LogP contribution is -2.46. The van der Waals surface area contributed by atoms with E-state index in [0.29, 0.717) is 46.6 Å². The number of hydrogen-bond acceptors (Lipinski definition) is 7. The third kappa shape index (κ3) is 5.89. The van der Waals surface area contributed by atoms with Crippen molar-refractivity contribution in [3.05, 3.63) is 27.1 Å². The van der Waals surface area contributed by atoms with E-state index in [1.54, 1.807) is 39.6 Å². The first-order valence-corrected chi connectivity index (χ1v) is 11.8. The normalized spacial score (nSPS) is 16.5. The summed E-state index contributed by atoms with van der Waals surface area (Å²) in [4.78, 5) is 56.9. The van der Waals surface area contributed by atoms with E-state index in [0.717, 1.165) is 0 Å². The Morgan fingerprint density at radius 2 is 1.94 bits per heavy atom. The lowest BCUT2D eigenvalue weighted by molar-refractivity contribution is -0.126. The smallest absolute Gasteiger partial charge is 0.407 e. The van der Waals surface area contributed by atoms with E-state index >= 15 is 0 Å². The molecular formula is C22H31N5O5S. The molecule has 1 saturated heterocycles. The maximum absolute atomic E-state index is 13.2. The number of fused-ring (bicyclic) bond motifs is 1. The summed E-state index contributed by atoms with van der Waals surface area (Å²) in [6.45, 7) is 8.49. The zero-order valence-corrected chi connectivity index (χ0v) is 20.5. The molecule has 3 rings (SSSR count). The molecule has 33 heavy (non-hydrogen) atoms. The largest absolute Gasteiger partial charge is 0.444 e. The fourth-order valence-corrected chi connectivity index (χ4v) is 4.85. The van der Waals surface area contributed by atoms with E-state index in [1.165, 1.54) is 22.2 Å². The van der Waals surface area contributed by atoms with E-state index in [2.05, 4.69) is 15.6 Å². The zero-order valence-electron chi connectivity index (χ0n) is 19.7. The molecule has 1 aliphatic heterocycles. The van der Waals surface area contributed by atoms with Crippen LogP contribution in [0, 0.1) is 12.8 Å². The van der Waals surface area contributed by atoms with Crippen LogP contribution in [0.1, 0.15) is 48.8 Å². The van der Waals surface area contributed by atoms with Crippen molar-refractivity contribution >= 4 is 39.5 Å². The number of thiophene rings is 1. The summed E-state index contributed by atoms with van der Waals surface area (Å²) in [5.74, 6) is -0.659. The number of carbonyl (C=O) groups excluding carboxylic acids is 3. The second-order valence-electron chi connectivity index (χ2n) is 9.21. The molecule has 1 unspecified atom stereocenters. The Hall–Kier alpha value is -2.95. The maximum Gasteiger partial charge on any atom is 0.407 e. The van der Waals surface area contributed by atoms with Crippen LogP contribution in [0.5, 0.6) is 0 Å². The number of aromatic nitrogens is 2. The van der Waals surface area contributed by atoms with Crippen molar-refractivity contribution < 1.29 is 19.1 Å². The Labute approximate surface area is 196 Å². The monoisotopic (exact) mass is 477 g/mol. The highest BCUT2D eigenvalue weighted by atomic mass is 32.1. The number of nitrogens with zero attached hydrogens (tertiary/aromatic N) is 3. The molecule has 0 radical (unpaired) electrons. The lowest BCUT2D eigenvalue weighted by atomic mass is 9.96. The average molecular weight is 478 g/mol. The highest BCUT2D eigenvalue weighted by molar-refractivity contribution is 7.20. The molecule has 0 aliphatic carbocycles. The average Bonchev–Trinajstić information content (AvgIpc) is 3.09. The number of amides is 3. The molecule has 2 N–H and O–H groups in total. The Kier molecular flexibility index (Phi) is 7.41. The molecule has 0 aromatic carbocycles. The summed E-state index contributed by atoms with van der Waals surface area (Å²) >= 11 is 1.21. The minimum Gasteiger partial charge on any atom is -0.444 e. The number of alkyl carbamates (subject to hydrolysis) is 1. The molecule has 11 heteroatoms. The fourth-order valence-electron chi connectivity index (χ4n) is 3.74. The first-order valence-electron chi connectivity index (χ1n) is 11.0. The summed E-state index contributed by atoms with van der Waals surface area (Å²) in [5, 5.41) is 5.89. The highest BCUT2D eigenvalue weighted by Gasteiger charge is 2.31. The summed E-state index contributed by atoms with van der Waals surface area (Å²) in [7, 11) is 1.63. The van der Waals surface area contributed by atoms with Crippen LogP contribution < -0.4 is 16.2 Å². The molecule has 0 bridgehead atoms. The highest BCUT2D eigenvalue weighted by Crippen LogP contribution is 2.29. The van der Waals surface area contributed by atoms with Crippen molar-refractivity contribution in [2.24, 2.45) is 13.0 Å².